The lowest BCUT2D eigenvalue weighted by atomic mass is 9.46. The highest BCUT2D eigenvalue weighted by Crippen LogP contribution is 2.67. The van der Waals surface area contributed by atoms with E-state index < -0.39 is 0 Å². The van der Waals surface area contributed by atoms with Crippen LogP contribution < -0.4 is 0 Å². The molecule has 38 heavy (non-hydrogen) atoms. The van der Waals surface area contributed by atoms with Gasteiger partial charge in [0.25, 0.3) is 0 Å². The number of rotatable bonds is 8. The Hall–Kier alpha value is -1.38. The molecule has 0 saturated heterocycles. The molecule has 0 heterocycles. The Bertz CT molecular complexity index is 1080. The van der Waals surface area contributed by atoms with E-state index >= 15 is 0 Å². The lowest BCUT2D eigenvalue weighted by Crippen LogP contribution is -2.54. The normalized spacial score (nSPS) is 35.7. The van der Waals surface area contributed by atoms with Crippen LogP contribution in [-0.2, 0) is 15.9 Å². The molecule has 2 nitrogen and oxygen atoms in total. The number of fused-ring (bicyclic) bond motifs is 4. The molecule has 1 unspecified atom stereocenters. The van der Waals surface area contributed by atoms with Crippen LogP contribution in [-0.4, -0.2) is 19.0 Å². The van der Waals surface area contributed by atoms with Crippen LogP contribution in [0.2, 0.25) is 0 Å². The third-order valence-corrected chi connectivity index (χ3v) is 12.0. The first-order valence-corrected chi connectivity index (χ1v) is 15.8. The van der Waals surface area contributed by atoms with E-state index in [2.05, 4.69) is 85.7 Å². The fourth-order valence-corrected chi connectivity index (χ4v) is 9.79. The van der Waals surface area contributed by atoms with E-state index in [0.717, 1.165) is 18.3 Å². The van der Waals surface area contributed by atoms with Gasteiger partial charge in [-0.1, -0.05) is 70.5 Å². The second-order valence-electron chi connectivity index (χ2n) is 14.3. The maximum Gasteiger partial charge on any atom is 0.155 e. The highest BCUT2D eigenvalue weighted by molar-refractivity contribution is 5.50. The van der Waals surface area contributed by atoms with Crippen molar-refractivity contribution in [1.29, 1.82) is 0 Å². The second-order valence-corrected chi connectivity index (χ2v) is 14.3. The largest absolute Gasteiger partial charge is 0.353 e. The van der Waals surface area contributed by atoms with Crippen molar-refractivity contribution in [2.75, 3.05) is 6.61 Å². The molecule has 0 amide bonds. The predicted molar refractivity (Wildman–Crippen MR) is 159 cm³/mol. The van der Waals surface area contributed by atoms with Gasteiger partial charge in [0.1, 0.15) is 0 Å². The van der Waals surface area contributed by atoms with Gasteiger partial charge < -0.3 is 9.47 Å². The number of allylic oxidation sites excluding steroid dienone is 4. The Kier molecular flexibility index (Phi) is 7.82. The van der Waals surface area contributed by atoms with Gasteiger partial charge in [-0.15, -0.1) is 0 Å². The van der Waals surface area contributed by atoms with Gasteiger partial charge in [0.2, 0.25) is 0 Å². The molecule has 1 aromatic rings. The number of hydrogen-bond acceptors (Lipinski definition) is 2. The van der Waals surface area contributed by atoms with E-state index in [1.165, 1.54) is 62.5 Å². The van der Waals surface area contributed by atoms with Crippen LogP contribution in [0.5, 0.6) is 0 Å². The molecular formula is C36H54O2. The smallest absolute Gasteiger partial charge is 0.155 e. The van der Waals surface area contributed by atoms with Gasteiger partial charge in [-0.2, -0.15) is 0 Å². The zero-order valence-corrected chi connectivity index (χ0v) is 25.7. The van der Waals surface area contributed by atoms with Crippen molar-refractivity contribution in [3.05, 3.63) is 58.2 Å². The average molecular weight is 519 g/mol. The maximum absolute atomic E-state index is 6.52. The topological polar surface area (TPSA) is 18.5 Å². The first kappa shape index (κ1) is 28.2. The molecule has 0 N–H and O–H groups in total. The fraction of sp³-hybridized carbons (Fsp3) is 0.722. The highest BCUT2D eigenvalue weighted by Gasteiger charge is 2.58. The summed E-state index contributed by atoms with van der Waals surface area (Å²) >= 11 is 0. The Labute approximate surface area is 233 Å². The van der Waals surface area contributed by atoms with Gasteiger partial charge in [-0.3, -0.25) is 0 Å². The van der Waals surface area contributed by atoms with Crippen LogP contribution in [0.25, 0.3) is 0 Å². The highest BCUT2D eigenvalue weighted by atomic mass is 16.7. The van der Waals surface area contributed by atoms with Gasteiger partial charge in [-0.05, 0) is 135 Å². The van der Waals surface area contributed by atoms with Crippen molar-refractivity contribution >= 4 is 0 Å². The van der Waals surface area contributed by atoms with Crippen LogP contribution in [0.4, 0.5) is 0 Å². The predicted octanol–water partition coefficient (Wildman–Crippen LogP) is 9.61. The summed E-state index contributed by atoms with van der Waals surface area (Å²) in [7, 11) is 0. The number of ether oxygens (including phenoxy) is 2. The second kappa shape index (κ2) is 10.5. The summed E-state index contributed by atoms with van der Waals surface area (Å²) in [5, 5.41) is 0. The molecule has 2 heteroatoms. The molecule has 5 rings (SSSR count). The third-order valence-electron chi connectivity index (χ3n) is 12.0. The standard InChI is InChI=1S/C36H54O2/c1-9-37-26(4)38-33-21-23-36(8)31-20-22-35(7)29(25(3)14-15-27-13-11-10-12-24(27)2)17-18-30(35)28(31)16-19-32(36)34(33,5)6/h10-13,18,25-26,29,32-33H,9,14-17,19-23H2,1-8H3/t25-,26?,29-,32+,33+,35-,36-/m1/s1. The molecule has 1 aromatic carbocycles. The van der Waals surface area contributed by atoms with Crippen molar-refractivity contribution in [3.8, 4) is 0 Å². The monoisotopic (exact) mass is 518 g/mol. The molecule has 1 saturated carbocycles. The Morgan fingerprint density at radius 1 is 0.974 bits per heavy atom. The summed E-state index contributed by atoms with van der Waals surface area (Å²) in [6.45, 7) is 19.9. The fourth-order valence-electron chi connectivity index (χ4n) is 9.79. The van der Waals surface area contributed by atoms with Gasteiger partial charge in [0.05, 0.1) is 6.10 Å². The first-order valence-electron chi connectivity index (χ1n) is 15.8. The van der Waals surface area contributed by atoms with E-state index in [4.69, 9.17) is 9.47 Å². The van der Waals surface area contributed by atoms with Gasteiger partial charge in [0.15, 0.2) is 6.29 Å². The summed E-state index contributed by atoms with van der Waals surface area (Å²) in [6.07, 6.45) is 14.2. The van der Waals surface area contributed by atoms with E-state index in [1.54, 1.807) is 11.1 Å². The molecule has 4 aliphatic carbocycles. The van der Waals surface area contributed by atoms with Crippen LogP contribution >= 0.6 is 0 Å². The number of benzene rings is 1. The molecule has 0 bridgehead atoms. The summed E-state index contributed by atoms with van der Waals surface area (Å²) in [5.74, 6) is 2.21. The number of aryl methyl sites for hydroxylation is 2. The zero-order chi connectivity index (χ0) is 27.3. The number of hydrogen-bond donors (Lipinski definition) is 0. The van der Waals surface area contributed by atoms with Gasteiger partial charge >= 0.3 is 0 Å². The van der Waals surface area contributed by atoms with E-state index in [-0.39, 0.29) is 17.8 Å². The molecule has 210 valence electrons. The summed E-state index contributed by atoms with van der Waals surface area (Å²) in [4.78, 5) is 0. The lowest BCUT2D eigenvalue weighted by molar-refractivity contribution is -0.214. The summed E-state index contributed by atoms with van der Waals surface area (Å²) < 4.78 is 12.3. The SMILES string of the molecule is CCOC(C)O[C@H]1CC[C@]2(C)C3=C(CC[C@H]2C1(C)C)C1=CC[C@H]([C@H](C)CCc2ccccc2C)[C@@]1(C)CC3. The molecule has 0 aromatic heterocycles. The minimum absolute atomic E-state index is 0.115. The quantitative estimate of drug-likeness (QED) is 0.319. The Morgan fingerprint density at radius 3 is 2.47 bits per heavy atom. The Balaban J connectivity index is 1.33. The minimum Gasteiger partial charge on any atom is -0.353 e. The van der Waals surface area contributed by atoms with Crippen molar-refractivity contribution in [2.24, 2.45) is 34.0 Å². The lowest BCUT2D eigenvalue weighted by Gasteiger charge is -2.60. The van der Waals surface area contributed by atoms with Gasteiger partial charge in [0, 0.05) is 6.61 Å². The molecule has 7 atom stereocenters. The van der Waals surface area contributed by atoms with Crippen molar-refractivity contribution in [2.45, 2.75) is 126 Å². The Morgan fingerprint density at radius 2 is 1.74 bits per heavy atom. The molecule has 1 fully saturated rings. The van der Waals surface area contributed by atoms with Crippen LogP contribution in [0.1, 0.15) is 111 Å². The molecule has 0 radical (unpaired) electrons. The molecule has 0 spiro atoms. The molecule has 4 aliphatic rings. The maximum atomic E-state index is 6.52. The average Bonchev–Trinajstić information content (AvgIpc) is 3.23. The minimum atomic E-state index is -0.115. The van der Waals surface area contributed by atoms with Crippen molar-refractivity contribution in [1.82, 2.24) is 0 Å². The summed E-state index contributed by atoms with van der Waals surface area (Å²) in [5.41, 5.74) is 9.18. The zero-order valence-electron chi connectivity index (χ0n) is 25.7. The van der Waals surface area contributed by atoms with E-state index in [9.17, 15) is 0 Å². The van der Waals surface area contributed by atoms with Crippen LogP contribution in [0, 0.1) is 40.9 Å². The summed E-state index contributed by atoms with van der Waals surface area (Å²) in [6, 6.07) is 8.97. The van der Waals surface area contributed by atoms with E-state index in [0.29, 0.717) is 23.4 Å². The first-order chi connectivity index (χ1) is 18.0. The molecule has 0 aliphatic heterocycles. The van der Waals surface area contributed by atoms with Crippen LogP contribution in [0.15, 0.2) is 47.1 Å². The van der Waals surface area contributed by atoms with Crippen molar-refractivity contribution in [3.63, 3.8) is 0 Å². The van der Waals surface area contributed by atoms with E-state index in [1.807, 2.05) is 5.57 Å². The van der Waals surface area contributed by atoms with Crippen molar-refractivity contribution < 1.29 is 9.47 Å². The van der Waals surface area contributed by atoms with Gasteiger partial charge in [-0.25, -0.2) is 0 Å². The third kappa shape index (κ3) is 4.66. The van der Waals surface area contributed by atoms with Crippen LogP contribution in [0.3, 0.4) is 0 Å². The molecular weight excluding hydrogens is 464 g/mol.